The Morgan fingerprint density at radius 2 is 1.85 bits per heavy atom. The van der Waals surface area contributed by atoms with Crippen molar-refractivity contribution in [3.8, 4) is 17.0 Å². The molecule has 27 heavy (non-hydrogen) atoms. The zero-order chi connectivity index (χ0) is 19.3. The molecule has 3 aromatic rings. The Hall–Kier alpha value is -2.92. The van der Waals surface area contributed by atoms with Crippen LogP contribution in [0.25, 0.3) is 11.3 Å². The molecular weight excluding hydrogens is 362 g/mol. The molecule has 6 heteroatoms. The Bertz CT molecular complexity index is 912. The Balaban J connectivity index is 1.69. The van der Waals surface area contributed by atoms with Crippen molar-refractivity contribution in [3.63, 3.8) is 0 Å². The van der Waals surface area contributed by atoms with E-state index in [0.29, 0.717) is 17.3 Å². The number of hydrogen-bond donors (Lipinski definition) is 1. The lowest BCUT2D eigenvalue weighted by molar-refractivity contribution is -0.134. The average Bonchev–Trinajstić information content (AvgIpc) is 2.68. The second-order valence-electron chi connectivity index (χ2n) is 6.50. The molecule has 0 bridgehead atoms. The van der Waals surface area contributed by atoms with Crippen molar-refractivity contribution in [1.82, 2.24) is 15.3 Å². The summed E-state index contributed by atoms with van der Waals surface area (Å²) in [5.41, 5.74) is 1.56. The lowest BCUT2D eigenvalue weighted by atomic mass is 10.1. The molecule has 0 atom stereocenters. The number of rotatable bonds is 6. The number of hydrogen-bond acceptors (Lipinski definition) is 4. The van der Waals surface area contributed by atoms with Gasteiger partial charge in [0.15, 0.2) is 5.60 Å². The van der Waals surface area contributed by atoms with E-state index >= 15 is 0 Å². The maximum atomic E-state index is 12.7. The largest absolute Gasteiger partial charge is 0.478 e. The number of halogens is 1. The van der Waals surface area contributed by atoms with Crippen LogP contribution in [0.3, 0.4) is 0 Å². The molecule has 3 rings (SSSR count). The van der Waals surface area contributed by atoms with Crippen LogP contribution in [0, 0.1) is 0 Å². The van der Waals surface area contributed by atoms with Crippen LogP contribution in [0.1, 0.15) is 19.4 Å². The molecule has 138 valence electrons. The zero-order valence-corrected chi connectivity index (χ0v) is 15.9. The van der Waals surface area contributed by atoms with Gasteiger partial charge < -0.3 is 10.1 Å². The van der Waals surface area contributed by atoms with E-state index in [4.69, 9.17) is 16.3 Å². The molecule has 0 aliphatic rings. The van der Waals surface area contributed by atoms with Crippen molar-refractivity contribution in [3.05, 3.63) is 77.7 Å². The summed E-state index contributed by atoms with van der Waals surface area (Å²) < 4.78 is 5.83. The smallest absolute Gasteiger partial charge is 0.263 e. The summed E-state index contributed by atoms with van der Waals surface area (Å²) in [4.78, 5) is 21.2. The lowest BCUT2D eigenvalue weighted by Crippen LogP contribution is -2.46. The minimum absolute atomic E-state index is 0.224. The molecule has 5 nitrogen and oxygen atoms in total. The van der Waals surface area contributed by atoms with Crippen LogP contribution in [-0.4, -0.2) is 21.5 Å². The number of amides is 1. The predicted octanol–water partition coefficient (Wildman–Crippen LogP) is 4.27. The summed E-state index contributed by atoms with van der Waals surface area (Å²) in [6.45, 7) is 3.79. The zero-order valence-electron chi connectivity index (χ0n) is 15.1. The third kappa shape index (κ3) is 4.83. The van der Waals surface area contributed by atoms with Crippen molar-refractivity contribution >= 4 is 17.5 Å². The van der Waals surface area contributed by atoms with E-state index in [2.05, 4.69) is 15.3 Å². The minimum Gasteiger partial charge on any atom is -0.478 e. The first kappa shape index (κ1) is 18.9. The number of nitrogens with zero attached hydrogens (tertiary/aromatic N) is 2. The van der Waals surface area contributed by atoms with E-state index in [1.54, 1.807) is 56.7 Å². The molecule has 0 spiro atoms. The van der Waals surface area contributed by atoms with Crippen LogP contribution in [0.4, 0.5) is 0 Å². The highest BCUT2D eigenvalue weighted by Crippen LogP contribution is 2.22. The third-order valence-electron chi connectivity index (χ3n) is 4.00. The summed E-state index contributed by atoms with van der Waals surface area (Å²) in [5.74, 6) is 0.357. The van der Waals surface area contributed by atoms with E-state index in [1.807, 2.05) is 24.3 Å². The van der Waals surface area contributed by atoms with Crippen LogP contribution in [0.2, 0.25) is 5.02 Å². The molecule has 0 fully saturated rings. The Labute approximate surface area is 163 Å². The number of carbonyl (C=O) groups is 1. The van der Waals surface area contributed by atoms with E-state index in [9.17, 15) is 4.79 Å². The standard InChI is InChI=1S/C21H20ClN3O2/c1-21(2,27-18-9-7-17(22)8-10-18)20(26)25-14-16-6-4-12-24-19(16)15-5-3-11-23-13-15/h3-13H,14H2,1-2H3,(H,25,26). The second-order valence-corrected chi connectivity index (χ2v) is 6.94. The van der Waals surface area contributed by atoms with E-state index in [0.717, 1.165) is 16.8 Å². The van der Waals surface area contributed by atoms with Crippen LogP contribution in [0.5, 0.6) is 5.75 Å². The molecule has 0 unspecified atom stereocenters. The normalized spacial score (nSPS) is 11.1. The van der Waals surface area contributed by atoms with Crippen LogP contribution in [-0.2, 0) is 11.3 Å². The lowest BCUT2D eigenvalue weighted by Gasteiger charge is -2.25. The fourth-order valence-corrected chi connectivity index (χ4v) is 2.70. The quantitative estimate of drug-likeness (QED) is 0.692. The predicted molar refractivity (Wildman–Crippen MR) is 105 cm³/mol. The molecule has 2 heterocycles. The summed E-state index contributed by atoms with van der Waals surface area (Å²) in [5, 5.41) is 3.55. The molecule has 0 radical (unpaired) electrons. The van der Waals surface area contributed by atoms with Crippen LogP contribution < -0.4 is 10.1 Å². The van der Waals surface area contributed by atoms with Crippen molar-refractivity contribution in [1.29, 1.82) is 0 Å². The van der Waals surface area contributed by atoms with Crippen LogP contribution in [0.15, 0.2) is 67.1 Å². The highest BCUT2D eigenvalue weighted by molar-refractivity contribution is 6.30. The van der Waals surface area contributed by atoms with Gasteiger partial charge >= 0.3 is 0 Å². The Kier molecular flexibility index (Phi) is 5.72. The van der Waals surface area contributed by atoms with E-state index < -0.39 is 5.60 Å². The van der Waals surface area contributed by atoms with Crippen molar-refractivity contribution < 1.29 is 9.53 Å². The number of carbonyl (C=O) groups excluding carboxylic acids is 1. The van der Waals surface area contributed by atoms with Crippen molar-refractivity contribution in [2.24, 2.45) is 0 Å². The maximum absolute atomic E-state index is 12.7. The monoisotopic (exact) mass is 381 g/mol. The summed E-state index contributed by atoms with van der Waals surface area (Å²) in [7, 11) is 0. The van der Waals surface area contributed by atoms with E-state index in [1.165, 1.54) is 0 Å². The Morgan fingerprint density at radius 1 is 1.11 bits per heavy atom. The average molecular weight is 382 g/mol. The summed E-state index contributed by atoms with van der Waals surface area (Å²) in [6, 6.07) is 14.5. The second kappa shape index (κ2) is 8.18. The molecule has 1 amide bonds. The molecule has 1 N–H and O–H groups in total. The van der Waals surface area contributed by atoms with Crippen molar-refractivity contribution in [2.45, 2.75) is 26.0 Å². The van der Waals surface area contributed by atoms with Gasteiger partial charge in [-0.3, -0.25) is 14.8 Å². The van der Waals surface area contributed by atoms with Gasteiger partial charge in [0.25, 0.3) is 5.91 Å². The molecule has 0 aliphatic carbocycles. The number of nitrogens with one attached hydrogen (secondary N) is 1. The van der Waals surface area contributed by atoms with Gasteiger partial charge in [-0.2, -0.15) is 0 Å². The fourth-order valence-electron chi connectivity index (χ4n) is 2.58. The highest BCUT2D eigenvalue weighted by atomic mass is 35.5. The van der Waals surface area contributed by atoms with Gasteiger partial charge in [-0.15, -0.1) is 0 Å². The molecular formula is C21H20ClN3O2. The number of benzene rings is 1. The molecule has 0 aliphatic heterocycles. The fraction of sp³-hybridized carbons (Fsp3) is 0.190. The third-order valence-corrected chi connectivity index (χ3v) is 4.25. The van der Waals surface area contributed by atoms with Gasteiger partial charge in [0.2, 0.25) is 0 Å². The SMILES string of the molecule is CC(C)(Oc1ccc(Cl)cc1)C(=O)NCc1cccnc1-c1cccnc1. The van der Waals surface area contributed by atoms with Crippen LogP contribution >= 0.6 is 11.6 Å². The van der Waals surface area contributed by atoms with Gasteiger partial charge in [0.1, 0.15) is 5.75 Å². The topological polar surface area (TPSA) is 64.1 Å². The van der Waals surface area contributed by atoms with Crippen molar-refractivity contribution in [2.75, 3.05) is 0 Å². The van der Waals surface area contributed by atoms with E-state index in [-0.39, 0.29) is 5.91 Å². The highest BCUT2D eigenvalue weighted by Gasteiger charge is 2.29. The maximum Gasteiger partial charge on any atom is 0.263 e. The summed E-state index contributed by atoms with van der Waals surface area (Å²) in [6.07, 6.45) is 5.19. The first-order valence-corrected chi connectivity index (χ1v) is 8.91. The summed E-state index contributed by atoms with van der Waals surface area (Å²) >= 11 is 5.88. The van der Waals surface area contributed by atoms with Gasteiger partial charge in [0.05, 0.1) is 5.69 Å². The molecule has 2 aromatic heterocycles. The van der Waals surface area contributed by atoms with Gasteiger partial charge in [-0.05, 0) is 61.9 Å². The molecule has 0 saturated carbocycles. The first-order chi connectivity index (χ1) is 13.0. The number of aromatic nitrogens is 2. The molecule has 0 saturated heterocycles. The minimum atomic E-state index is -1.04. The van der Waals surface area contributed by atoms with Gasteiger partial charge in [0, 0.05) is 35.7 Å². The van der Waals surface area contributed by atoms with Gasteiger partial charge in [-0.1, -0.05) is 17.7 Å². The Morgan fingerprint density at radius 3 is 2.56 bits per heavy atom. The number of ether oxygens (including phenoxy) is 1. The van der Waals surface area contributed by atoms with Gasteiger partial charge in [-0.25, -0.2) is 0 Å². The number of pyridine rings is 2. The molecule has 1 aromatic carbocycles. The first-order valence-electron chi connectivity index (χ1n) is 8.53.